The third-order valence-electron chi connectivity index (χ3n) is 2.09. The minimum atomic E-state index is 0.287. The third kappa shape index (κ3) is 3.71. The zero-order chi connectivity index (χ0) is 11.1. The second-order valence-corrected chi connectivity index (χ2v) is 3.22. The monoisotopic (exact) mass is 210 g/mol. The van der Waals surface area contributed by atoms with E-state index in [9.17, 15) is 0 Å². The van der Waals surface area contributed by atoms with Gasteiger partial charge in [-0.25, -0.2) is 4.98 Å². The second-order valence-electron chi connectivity index (χ2n) is 3.22. The van der Waals surface area contributed by atoms with E-state index in [0.717, 1.165) is 12.2 Å². The number of anilines is 2. The molecule has 0 amide bonds. The van der Waals surface area contributed by atoms with Crippen LogP contribution < -0.4 is 10.6 Å². The van der Waals surface area contributed by atoms with Crippen LogP contribution in [0.3, 0.4) is 0 Å². The largest absolute Gasteiger partial charge is 0.383 e. The number of nitrogens with zero attached hydrogens (tertiary/aromatic N) is 2. The van der Waals surface area contributed by atoms with Crippen molar-refractivity contribution in [3.05, 3.63) is 12.3 Å². The molecular formula is C10H18N4O. The van der Waals surface area contributed by atoms with Crippen molar-refractivity contribution in [2.75, 3.05) is 31.4 Å². The lowest BCUT2D eigenvalue weighted by Gasteiger charge is -2.16. The Bertz CT molecular complexity index is 293. The smallest absolute Gasteiger partial charge is 0.224 e. The van der Waals surface area contributed by atoms with Crippen LogP contribution in [-0.2, 0) is 4.74 Å². The van der Waals surface area contributed by atoms with Gasteiger partial charge in [-0.2, -0.15) is 4.98 Å². The van der Waals surface area contributed by atoms with Crippen molar-refractivity contribution in [3.63, 3.8) is 0 Å². The van der Waals surface area contributed by atoms with Crippen LogP contribution in [0.25, 0.3) is 0 Å². The zero-order valence-electron chi connectivity index (χ0n) is 9.45. The molecule has 0 radical (unpaired) electrons. The molecule has 1 rings (SSSR count). The Labute approximate surface area is 90.3 Å². The molecule has 1 aromatic heterocycles. The van der Waals surface area contributed by atoms with Gasteiger partial charge in [-0.1, -0.05) is 6.92 Å². The molecule has 0 saturated heterocycles. The number of aromatic nitrogens is 2. The van der Waals surface area contributed by atoms with Gasteiger partial charge in [-0.3, -0.25) is 0 Å². The summed E-state index contributed by atoms with van der Waals surface area (Å²) in [5.41, 5.74) is 0. The Balaban J connectivity index is 2.61. The predicted molar refractivity (Wildman–Crippen MR) is 61.2 cm³/mol. The summed E-state index contributed by atoms with van der Waals surface area (Å²) in [7, 11) is 3.49. The van der Waals surface area contributed by atoms with Crippen molar-refractivity contribution in [3.8, 4) is 0 Å². The van der Waals surface area contributed by atoms with Crippen LogP contribution in [0, 0.1) is 0 Å². The molecule has 0 aliphatic heterocycles. The van der Waals surface area contributed by atoms with Crippen molar-refractivity contribution in [1.82, 2.24) is 9.97 Å². The van der Waals surface area contributed by atoms with Crippen molar-refractivity contribution < 1.29 is 4.74 Å². The molecule has 2 N–H and O–H groups in total. The first-order chi connectivity index (χ1) is 7.30. The molecule has 1 atom stereocenters. The lowest BCUT2D eigenvalue weighted by molar-refractivity contribution is 0.184. The maximum absolute atomic E-state index is 5.10. The molecule has 84 valence electrons. The van der Waals surface area contributed by atoms with Gasteiger partial charge in [0.05, 0.1) is 12.6 Å². The summed E-state index contributed by atoms with van der Waals surface area (Å²) >= 11 is 0. The number of methoxy groups -OCH3 is 1. The molecule has 0 aliphatic carbocycles. The summed E-state index contributed by atoms with van der Waals surface area (Å²) in [5.74, 6) is 1.44. The van der Waals surface area contributed by atoms with Crippen molar-refractivity contribution in [2.24, 2.45) is 0 Å². The van der Waals surface area contributed by atoms with Gasteiger partial charge in [0.25, 0.3) is 0 Å². The van der Waals surface area contributed by atoms with E-state index in [2.05, 4.69) is 27.5 Å². The van der Waals surface area contributed by atoms with Gasteiger partial charge in [0, 0.05) is 20.4 Å². The molecule has 5 heteroatoms. The normalized spacial score (nSPS) is 12.2. The molecule has 0 spiro atoms. The molecule has 0 aromatic carbocycles. The number of nitrogens with one attached hydrogen (secondary N) is 2. The first-order valence-corrected chi connectivity index (χ1v) is 5.06. The van der Waals surface area contributed by atoms with Crippen LogP contribution >= 0.6 is 0 Å². The fraction of sp³-hybridized carbons (Fsp3) is 0.600. The molecule has 5 nitrogen and oxygen atoms in total. The highest BCUT2D eigenvalue weighted by Crippen LogP contribution is 2.08. The maximum atomic E-state index is 5.10. The SMILES string of the molecule is CCC(COC)Nc1ccnc(NC)n1. The average Bonchev–Trinajstić information content (AvgIpc) is 2.29. The molecule has 1 unspecified atom stereocenters. The van der Waals surface area contributed by atoms with Gasteiger partial charge in [-0.05, 0) is 12.5 Å². The highest BCUT2D eigenvalue weighted by Gasteiger charge is 2.06. The number of hydrogen-bond acceptors (Lipinski definition) is 5. The fourth-order valence-corrected chi connectivity index (χ4v) is 1.23. The molecule has 1 aromatic rings. The summed E-state index contributed by atoms with van der Waals surface area (Å²) in [6.45, 7) is 2.78. The fourth-order valence-electron chi connectivity index (χ4n) is 1.23. The van der Waals surface area contributed by atoms with Gasteiger partial charge in [0.15, 0.2) is 0 Å². The van der Waals surface area contributed by atoms with Crippen molar-refractivity contribution in [2.45, 2.75) is 19.4 Å². The van der Waals surface area contributed by atoms with E-state index >= 15 is 0 Å². The van der Waals surface area contributed by atoms with Crippen LogP contribution in [0.5, 0.6) is 0 Å². The Morgan fingerprint density at radius 3 is 2.93 bits per heavy atom. The quantitative estimate of drug-likeness (QED) is 0.742. The number of ether oxygens (including phenoxy) is 1. The van der Waals surface area contributed by atoms with Crippen LogP contribution in [0.1, 0.15) is 13.3 Å². The molecular weight excluding hydrogens is 192 g/mol. The minimum Gasteiger partial charge on any atom is -0.383 e. The van der Waals surface area contributed by atoms with Gasteiger partial charge in [0.1, 0.15) is 5.82 Å². The summed E-state index contributed by atoms with van der Waals surface area (Å²) < 4.78 is 5.10. The molecule has 1 heterocycles. The van der Waals surface area contributed by atoms with Gasteiger partial charge < -0.3 is 15.4 Å². The second kappa shape index (κ2) is 6.19. The Morgan fingerprint density at radius 1 is 1.53 bits per heavy atom. The summed E-state index contributed by atoms with van der Waals surface area (Å²) in [4.78, 5) is 8.32. The van der Waals surface area contributed by atoms with Crippen molar-refractivity contribution >= 4 is 11.8 Å². The van der Waals surface area contributed by atoms with Crippen LogP contribution in [0.4, 0.5) is 11.8 Å². The maximum Gasteiger partial charge on any atom is 0.224 e. The summed E-state index contributed by atoms with van der Waals surface area (Å²) in [6, 6.07) is 2.13. The molecule has 0 bridgehead atoms. The van der Waals surface area contributed by atoms with Crippen molar-refractivity contribution in [1.29, 1.82) is 0 Å². The van der Waals surface area contributed by atoms with E-state index in [0.29, 0.717) is 12.6 Å². The Hall–Kier alpha value is -1.36. The van der Waals surface area contributed by atoms with E-state index in [1.165, 1.54) is 0 Å². The first-order valence-electron chi connectivity index (χ1n) is 5.06. The van der Waals surface area contributed by atoms with Crippen LogP contribution in [-0.4, -0.2) is 36.8 Å². The summed E-state index contributed by atoms with van der Waals surface area (Å²) in [5, 5.41) is 6.19. The van der Waals surface area contributed by atoms with Gasteiger partial charge in [-0.15, -0.1) is 0 Å². The highest BCUT2D eigenvalue weighted by molar-refractivity contribution is 5.39. The Morgan fingerprint density at radius 2 is 2.33 bits per heavy atom. The van der Waals surface area contributed by atoms with Crippen LogP contribution in [0.2, 0.25) is 0 Å². The lowest BCUT2D eigenvalue weighted by atomic mass is 10.2. The highest BCUT2D eigenvalue weighted by atomic mass is 16.5. The van der Waals surface area contributed by atoms with Gasteiger partial charge in [0.2, 0.25) is 5.95 Å². The lowest BCUT2D eigenvalue weighted by Crippen LogP contribution is -2.24. The third-order valence-corrected chi connectivity index (χ3v) is 2.09. The van der Waals surface area contributed by atoms with E-state index in [4.69, 9.17) is 4.74 Å². The van der Waals surface area contributed by atoms with Crippen LogP contribution in [0.15, 0.2) is 12.3 Å². The molecule has 0 fully saturated rings. The van der Waals surface area contributed by atoms with Gasteiger partial charge >= 0.3 is 0 Å². The summed E-state index contributed by atoms with van der Waals surface area (Å²) in [6.07, 6.45) is 2.72. The molecule has 15 heavy (non-hydrogen) atoms. The number of hydrogen-bond donors (Lipinski definition) is 2. The zero-order valence-corrected chi connectivity index (χ0v) is 9.45. The van der Waals surface area contributed by atoms with E-state index in [-0.39, 0.29) is 6.04 Å². The van der Waals surface area contributed by atoms with E-state index < -0.39 is 0 Å². The Kier molecular flexibility index (Phi) is 4.83. The predicted octanol–water partition coefficient (Wildman–Crippen LogP) is 1.36. The standard InChI is InChI=1S/C10H18N4O/c1-4-8(7-15-3)13-9-5-6-12-10(11-2)14-9/h5-6,8H,4,7H2,1-3H3,(H2,11,12,13,14). The average molecular weight is 210 g/mol. The minimum absolute atomic E-state index is 0.287. The molecule has 0 saturated carbocycles. The van der Waals surface area contributed by atoms with E-state index in [1.807, 2.05) is 6.07 Å². The van der Waals surface area contributed by atoms with E-state index in [1.54, 1.807) is 20.4 Å². The molecule has 0 aliphatic rings. The topological polar surface area (TPSA) is 59.1 Å². The number of rotatable bonds is 6. The first kappa shape index (κ1) is 11.7.